The van der Waals surface area contributed by atoms with Crippen LogP contribution in [0.1, 0.15) is 52.5 Å². The van der Waals surface area contributed by atoms with E-state index in [1.54, 1.807) is 11.1 Å². The van der Waals surface area contributed by atoms with Crippen LogP contribution >= 0.6 is 0 Å². The Morgan fingerprint density at radius 3 is 2.44 bits per heavy atom. The van der Waals surface area contributed by atoms with Gasteiger partial charge in [-0.25, -0.2) is 0 Å². The van der Waals surface area contributed by atoms with E-state index in [-0.39, 0.29) is 5.41 Å². The molecule has 0 saturated heterocycles. The van der Waals surface area contributed by atoms with Gasteiger partial charge in [-0.05, 0) is 66.2 Å². The highest BCUT2D eigenvalue weighted by molar-refractivity contribution is 6.81. The molecule has 1 aromatic carbocycles. The minimum Gasteiger partial charge on any atom is -0.410 e. The van der Waals surface area contributed by atoms with Crippen LogP contribution in [0.3, 0.4) is 0 Å². The van der Waals surface area contributed by atoms with Gasteiger partial charge in [0.05, 0.1) is 0 Å². The first kappa shape index (κ1) is 20.5. The zero-order valence-corrected chi connectivity index (χ0v) is 19.5. The van der Waals surface area contributed by atoms with Gasteiger partial charge in [-0.3, -0.25) is 0 Å². The first-order chi connectivity index (χ1) is 12.6. The van der Waals surface area contributed by atoms with Crippen molar-refractivity contribution in [2.75, 3.05) is 4.98 Å². The number of anilines is 1. The third-order valence-electron chi connectivity index (χ3n) is 6.63. The fourth-order valence-electron chi connectivity index (χ4n) is 4.99. The lowest BCUT2D eigenvalue weighted by atomic mass is 9.75. The average molecular weight is 382 g/mol. The Labute approximate surface area is 168 Å². The summed E-state index contributed by atoms with van der Waals surface area (Å²) in [5, 5.41) is 0. The van der Waals surface area contributed by atoms with E-state index in [1.807, 2.05) is 0 Å². The number of benzene rings is 1. The van der Waals surface area contributed by atoms with E-state index in [0.717, 1.165) is 17.8 Å². The largest absolute Gasteiger partial charge is 0.410 e. The molecule has 0 aliphatic heterocycles. The molecular weight excluding hydrogens is 342 g/mol. The summed E-state index contributed by atoms with van der Waals surface area (Å²) in [6, 6.07) is 10.00. The van der Waals surface area contributed by atoms with Gasteiger partial charge in [-0.1, -0.05) is 83.1 Å². The minimum absolute atomic E-state index is 0.246. The molecule has 0 spiro atoms. The monoisotopic (exact) mass is 381 g/mol. The van der Waals surface area contributed by atoms with Gasteiger partial charge in [0.2, 0.25) is 0 Å². The number of para-hydroxylation sites is 1. The van der Waals surface area contributed by atoms with E-state index < -0.39 is 8.24 Å². The molecule has 2 aliphatic carbocycles. The van der Waals surface area contributed by atoms with Crippen LogP contribution < -0.4 is 4.98 Å². The number of aryl methyl sites for hydroxylation is 1. The Hall–Kier alpha value is -1.28. The molecule has 1 nitrogen and oxygen atoms in total. The minimum atomic E-state index is -1.59. The average Bonchev–Trinajstić information content (AvgIpc) is 2.99. The van der Waals surface area contributed by atoms with E-state index in [4.69, 9.17) is 0 Å². The van der Waals surface area contributed by atoms with Crippen molar-refractivity contribution in [2.45, 2.75) is 73.0 Å². The molecule has 0 amide bonds. The van der Waals surface area contributed by atoms with Crippen LogP contribution in [0.5, 0.6) is 0 Å². The number of nitrogens with one attached hydrogen (secondary N) is 1. The normalized spacial score (nSPS) is 25.7. The molecule has 148 valence electrons. The van der Waals surface area contributed by atoms with E-state index in [1.165, 1.54) is 36.6 Å². The van der Waals surface area contributed by atoms with Gasteiger partial charge in [0.1, 0.15) is 0 Å². The van der Waals surface area contributed by atoms with Gasteiger partial charge >= 0.3 is 0 Å². The molecule has 1 saturated carbocycles. The van der Waals surface area contributed by atoms with Gasteiger partial charge in [-0.15, -0.1) is 0 Å². The van der Waals surface area contributed by atoms with E-state index in [9.17, 15) is 0 Å². The van der Waals surface area contributed by atoms with Crippen LogP contribution in [0.15, 0.2) is 47.6 Å². The van der Waals surface area contributed by atoms with Crippen LogP contribution in [0.4, 0.5) is 5.69 Å². The summed E-state index contributed by atoms with van der Waals surface area (Å²) < 4.78 is 0. The molecule has 1 N–H and O–H groups in total. The molecule has 3 atom stereocenters. The SMILES string of the molecule is CCC1CC2C=C(C(C)(C)C)C=C(C[Si](C)(C)Nc3ccccc3C)C2C1. The van der Waals surface area contributed by atoms with Crippen molar-refractivity contribution < 1.29 is 0 Å². The van der Waals surface area contributed by atoms with Crippen molar-refractivity contribution in [1.29, 1.82) is 0 Å². The molecular formula is C25H39NSi. The summed E-state index contributed by atoms with van der Waals surface area (Å²) in [6.45, 7) is 16.7. The van der Waals surface area contributed by atoms with Crippen LogP contribution in [-0.2, 0) is 0 Å². The van der Waals surface area contributed by atoms with Crippen LogP contribution in [0.25, 0.3) is 0 Å². The number of hydrogen-bond donors (Lipinski definition) is 1. The summed E-state index contributed by atoms with van der Waals surface area (Å²) in [5.74, 6) is 2.46. The van der Waals surface area contributed by atoms with Crippen molar-refractivity contribution >= 4 is 13.9 Å². The van der Waals surface area contributed by atoms with Crippen molar-refractivity contribution in [3.8, 4) is 0 Å². The molecule has 2 aliphatic rings. The molecule has 27 heavy (non-hydrogen) atoms. The van der Waals surface area contributed by atoms with E-state index in [0.29, 0.717) is 0 Å². The topological polar surface area (TPSA) is 12.0 Å². The highest BCUT2D eigenvalue weighted by Gasteiger charge is 2.39. The zero-order chi connectivity index (χ0) is 19.8. The highest BCUT2D eigenvalue weighted by Crippen LogP contribution is 2.49. The predicted octanol–water partition coefficient (Wildman–Crippen LogP) is 7.58. The fourth-order valence-corrected chi connectivity index (χ4v) is 7.47. The maximum Gasteiger partial charge on any atom is 0.151 e. The Bertz CT molecular complexity index is 735. The van der Waals surface area contributed by atoms with Crippen LogP contribution in [0, 0.1) is 30.1 Å². The maximum atomic E-state index is 3.97. The molecule has 1 fully saturated rings. The number of fused-ring (bicyclic) bond motifs is 1. The lowest BCUT2D eigenvalue weighted by Gasteiger charge is -2.35. The molecule has 3 unspecified atom stereocenters. The smallest absolute Gasteiger partial charge is 0.151 e. The molecule has 0 aromatic heterocycles. The number of hydrogen-bond acceptors (Lipinski definition) is 1. The van der Waals surface area contributed by atoms with Crippen molar-refractivity contribution in [3.05, 3.63) is 53.1 Å². The summed E-state index contributed by atoms with van der Waals surface area (Å²) in [5.41, 5.74) is 6.23. The number of allylic oxidation sites excluding steroid dienone is 4. The second-order valence-electron chi connectivity index (χ2n) is 10.6. The zero-order valence-electron chi connectivity index (χ0n) is 18.5. The first-order valence-electron chi connectivity index (χ1n) is 10.9. The molecule has 3 rings (SSSR count). The van der Waals surface area contributed by atoms with Gasteiger partial charge in [0.15, 0.2) is 8.24 Å². The lowest BCUT2D eigenvalue weighted by molar-refractivity contribution is 0.466. The number of rotatable bonds is 5. The van der Waals surface area contributed by atoms with Gasteiger partial charge in [0.25, 0.3) is 0 Å². The standard InChI is InChI=1S/C25H39NSi/c1-8-19-13-20-15-22(25(3,4)5)16-21(23(20)14-19)17-27(6,7)26-24-12-10-9-11-18(24)2/h9-12,15-16,19-20,23,26H,8,13-14,17H2,1-7H3. The van der Waals surface area contributed by atoms with Gasteiger partial charge in [-0.2, -0.15) is 0 Å². The third-order valence-corrected chi connectivity index (χ3v) is 8.87. The summed E-state index contributed by atoms with van der Waals surface area (Å²) >= 11 is 0. The van der Waals surface area contributed by atoms with Crippen LogP contribution in [-0.4, -0.2) is 8.24 Å². The summed E-state index contributed by atoms with van der Waals surface area (Å²) in [6.07, 6.45) is 9.35. The third kappa shape index (κ3) is 4.77. The Morgan fingerprint density at radius 2 is 1.81 bits per heavy atom. The summed E-state index contributed by atoms with van der Waals surface area (Å²) in [4.78, 5) is 3.97. The van der Waals surface area contributed by atoms with Crippen molar-refractivity contribution in [1.82, 2.24) is 0 Å². The van der Waals surface area contributed by atoms with Gasteiger partial charge in [0, 0.05) is 5.69 Å². The second kappa shape index (κ2) is 7.62. The molecule has 2 heteroatoms. The maximum absolute atomic E-state index is 3.97. The quantitative estimate of drug-likeness (QED) is 0.518. The Morgan fingerprint density at radius 1 is 1.11 bits per heavy atom. The molecule has 0 heterocycles. The van der Waals surface area contributed by atoms with Crippen LogP contribution in [0.2, 0.25) is 19.1 Å². The van der Waals surface area contributed by atoms with Crippen molar-refractivity contribution in [3.63, 3.8) is 0 Å². The first-order valence-corrected chi connectivity index (χ1v) is 14.1. The Balaban J connectivity index is 1.85. The second-order valence-corrected chi connectivity index (χ2v) is 15.0. The Kier molecular flexibility index (Phi) is 5.77. The highest BCUT2D eigenvalue weighted by atomic mass is 28.3. The lowest BCUT2D eigenvalue weighted by Crippen LogP contribution is -2.38. The fraction of sp³-hybridized carbons (Fsp3) is 0.600. The predicted molar refractivity (Wildman–Crippen MR) is 123 cm³/mol. The summed E-state index contributed by atoms with van der Waals surface area (Å²) in [7, 11) is -1.59. The van der Waals surface area contributed by atoms with Gasteiger partial charge < -0.3 is 4.98 Å². The van der Waals surface area contributed by atoms with E-state index >= 15 is 0 Å². The molecule has 1 aromatic rings. The molecule has 0 bridgehead atoms. The van der Waals surface area contributed by atoms with E-state index in [2.05, 4.69) is 89.1 Å². The van der Waals surface area contributed by atoms with Crippen molar-refractivity contribution in [2.24, 2.45) is 23.2 Å². The molecule has 0 radical (unpaired) electrons.